The number of hydrogen-bond donors (Lipinski definition) is 4. The Morgan fingerprint density at radius 1 is 1.08 bits per heavy atom. The highest BCUT2D eigenvalue weighted by Gasteiger charge is 2.22. The number of aliphatic carboxylic acids is 1. The molecule has 1 aromatic carbocycles. The molecule has 1 aromatic rings. The van der Waals surface area contributed by atoms with E-state index in [1.165, 1.54) is 32.4 Å². The molecule has 2 atom stereocenters. The molecule has 11 nitrogen and oxygen atoms in total. The molecule has 0 aromatic heterocycles. The molecule has 0 radical (unpaired) electrons. The van der Waals surface area contributed by atoms with Crippen LogP contribution in [0.4, 0.5) is 4.79 Å². The first-order chi connectivity index (χ1) is 18.2. The van der Waals surface area contributed by atoms with Crippen molar-refractivity contribution >= 4 is 29.7 Å². The lowest BCUT2D eigenvalue weighted by atomic mass is 9.90. The van der Waals surface area contributed by atoms with Gasteiger partial charge in [0.25, 0.3) is 0 Å². The second kappa shape index (κ2) is 16.0. The van der Waals surface area contributed by atoms with E-state index in [0.717, 1.165) is 0 Å². The minimum absolute atomic E-state index is 0.0166. The average Bonchev–Trinajstić information content (AvgIpc) is 2.86. The van der Waals surface area contributed by atoms with Crippen molar-refractivity contribution in [1.29, 1.82) is 0 Å². The summed E-state index contributed by atoms with van der Waals surface area (Å²) in [7, 11) is 2.97. The van der Waals surface area contributed by atoms with Gasteiger partial charge < -0.3 is 34.8 Å². The number of hydrogen-bond acceptors (Lipinski definition) is 9. The number of ketones is 2. The molecule has 1 amide bonds. The minimum Gasteiger partial charge on any atom is -0.510 e. The fourth-order valence-corrected chi connectivity index (χ4v) is 3.25. The lowest BCUT2D eigenvalue weighted by Gasteiger charge is -2.23. The van der Waals surface area contributed by atoms with Crippen LogP contribution >= 0.6 is 0 Å². The summed E-state index contributed by atoms with van der Waals surface area (Å²) in [6, 6.07) is 4.71. The van der Waals surface area contributed by atoms with Crippen molar-refractivity contribution in [3.8, 4) is 11.5 Å². The molecule has 11 heteroatoms. The monoisotopic (exact) mass is 547 g/mol. The van der Waals surface area contributed by atoms with Crippen molar-refractivity contribution in [2.45, 2.75) is 51.7 Å². The van der Waals surface area contributed by atoms with Gasteiger partial charge in [0.2, 0.25) is 0 Å². The second-order valence-electron chi connectivity index (χ2n) is 9.57. The van der Waals surface area contributed by atoms with Crippen LogP contribution in [0.3, 0.4) is 0 Å². The number of phenols is 1. The highest BCUT2D eigenvalue weighted by molar-refractivity contribution is 6.09. The van der Waals surface area contributed by atoms with E-state index in [4.69, 9.17) is 19.3 Å². The molecule has 0 heterocycles. The van der Waals surface area contributed by atoms with Crippen LogP contribution in [0.2, 0.25) is 0 Å². The molecule has 214 valence electrons. The van der Waals surface area contributed by atoms with Crippen LogP contribution in [0.1, 0.15) is 45.6 Å². The maximum absolute atomic E-state index is 12.0. The first kappa shape index (κ1) is 32.9. The minimum atomic E-state index is -1.10. The zero-order valence-corrected chi connectivity index (χ0v) is 22.8. The standard InChI is InChI=1S/C21H24O6.C7H13NO4/c1-26-20-11-14(5-9-18(20)24)3-7-16(22)13-17(23)8-4-15-6-10-19(25)21(12-15)27-2;1-7(2,3)12-6(11)8-4-5(9)10/h3-5,7-11,15,21,24-25H,6,12-13H2,1-2H3;4H2,1-3H3,(H,8,11)(H,9,10)/b7-3+,8-4+;. The van der Waals surface area contributed by atoms with Crippen LogP contribution in [-0.2, 0) is 23.9 Å². The van der Waals surface area contributed by atoms with Crippen molar-refractivity contribution in [1.82, 2.24) is 5.32 Å². The fraction of sp³-hybridized carbons (Fsp3) is 0.429. The molecule has 39 heavy (non-hydrogen) atoms. The van der Waals surface area contributed by atoms with Gasteiger partial charge in [-0.2, -0.15) is 0 Å². The number of aliphatic hydroxyl groups is 1. The fourth-order valence-electron chi connectivity index (χ4n) is 3.25. The molecule has 0 spiro atoms. The number of carboxylic acid groups (broad SMARTS) is 1. The molecule has 0 saturated carbocycles. The molecule has 0 aliphatic heterocycles. The smallest absolute Gasteiger partial charge is 0.408 e. The van der Waals surface area contributed by atoms with Crippen LogP contribution < -0.4 is 10.1 Å². The number of carboxylic acids is 1. The number of phenolic OH excluding ortho intramolecular Hbond substituents is 1. The molecular formula is C28H37NO10. The first-order valence-electron chi connectivity index (χ1n) is 12.1. The molecule has 2 unspecified atom stereocenters. The molecule has 4 N–H and O–H groups in total. The maximum atomic E-state index is 12.0. The van der Waals surface area contributed by atoms with E-state index in [1.54, 1.807) is 51.1 Å². The predicted octanol–water partition coefficient (Wildman–Crippen LogP) is 3.96. The van der Waals surface area contributed by atoms with Gasteiger partial charge in [0.1, 0.15) is 24.0 Å². The van der Waals surface area contributed by atoms with Crippen molar-refractivity contribution < 1.29 is 48.7 Å². The topological polar surface area (TPSA) is 169 Å². The molecular weight excluding hydrogens is 510 g/mol. The largest absolute Gasteiger partial charge is 0.510 e. The summed E-state index contributed by atoms with van der Waals surface area (Å²) in [5.41, 5.74) is 0.0863. The lowest BCUT2D eigenvalue weighted by molar-refractivity contribution is -0.136. The third-order valence-electron chi connectivity index (χ3n) is 5.11. The Labute approximate surface area is 227 Å². The number of carbonyl (C=O) groups excluding carboxylic acids is 3. The zero-order chi connectivity index (χ0) is 29.6. The van der Waals surface area contributed by atoms with E-state index in [-0.39, 0.29) is 41.5 Å². The summed E-state index contributed by atoms with van der Waals surface area (Å²) in [5.74, 6) is -1.05. The zero-order valence-electron chi connectivity index (χ0n) is 22.8. The number of methoxy groups -OCH3 is 2. The van der Waals surface area contributed by atoms with Gasteiger partial charge in [0, 0.05) is 7.11 Å². The van der Waals surface area contributed by atoms with E-state index in [2.05, 4.69) is 5.32 Å². The molecule has 0 saturated heterocycles. The van der Waals surface area contributed by atoms with Gasteiger partial charge in [0.05, 0.1) is 13.5 Å². The third kappa shape index (κ3) is 13.8. The van der Waals surface area contributed by atoms with Crippen molar-refractivity contribution in [2.75, 3.05) is 20.8 Å². The second-order valence-corrected chi connectivity index (χ2v) is 9.57. The van der Waals surface area contributed by atoms with Crippen LogP contribution in [0.5, 0.6) is 11.5 Å². The van der Waals surface area contributed by atoms with E-state index < -0.39 is 24.2 Å². The molecule has 0 bridgehead atoms. The van der Waals surface area contributed by atoms with Gasteiger partial charge in [0.15, 0.2) is 23.1 Å². The van der Waals surface area contributed by atoms with Gasteiger partial charge >= 0.3 is 12.1 Å². The van der Waals surface area contributed by atoms with Gasteiger partial charge in [-0.3, -0.25) is 14.4 Å². The molecule has 2 rings (SSSR count). The number of ether oxygens (including phenoxy) is 3. The molecule has 1 aliphatic carbocycles. The SMILES string of the molecule is CC(C)(C)OC(=O)NCC(=O)O.COc1cc(/C=C/C(=O)CC(=O)/C=C/C2CC=C(O)C(OC)C2)ccc1O. The Kier molecular flexibility index (Phi) is 13.5. The Hall–Kier alpha value is -4.12. The number of alkyl carbamates (subject to hydrolysis) is 1. The van der Waals surface area contributed by atoms with Gasteiger partial charge in [-0.1, -0.05) is 18.2 Å². The first-order valence-corrected chi connectivity index (χ1v) is 12.1. The summed E-state index contributed by atoms with van der Waals surface area (Å²) in [6.07, 6.45) is 7.72. The van der Waals surface area contributed by atoms with E-state index >= 15 is 0 Å². The number of nitrogens with one attached hydrogen (secondary N) is 1. The Balaban J connectivity index is 0.000000534. The molecule has 1 aliphatic rings. The Bertz CT molecular complexity index is 1100. The number of amides is 1. The number of aliphatic hydroxyl groups excluding tert-OH is 1. The predicted molar refractivity (Wildman–Crippen MR) is 144 cm³/mol. The van der Waals surface area contributed by atoms with Gasteiger partial charge in [-0.15, -0.1) is 0 Å². The summed E-state index contributed by atoms with van der Waals surface area (Å²) in [4.78, 5) is 44.7. The summed E-state index contributed by atoms with van der Waals surface area (Å²) in [5, 5.41) is 29.5. The third-order valence-corrected chi connectivity index (χ3v) is 5.11. The number of benzene rings is 1. The summed E-state index contributed by atoms with van der Waals surface area (Å²) >= 11 is 0. The molecule has 0 fully saturated rings. The summed E-state index contributed by atoms with van der Waals surface area (Å²) < 4.78 is 15.0. The normalized spacial score (nSPS) is 17.1. The summed E-state index contributed by atoms with van der Waals surface area (Å²) in [6.45, 7) is 4.68. The van der Waals surface area contributed by atoms with Crippen molar-refractivity contribution in [2.24, 2.45) is 5.92 Å². The number of carbonyl (C=O) groups is 4. The lowest BCUT2D eigenvalue weighted by Crippen LogP contribution is -2.35. The quantitative estimate of drug-likeness (QED) is 0.248. The maximum Gasteiger partial charge on any atom is 0.408 e. The Morgan fingerprint density at radius 3 is 2.33 bits per heavy atom. The average molecular weight is 548 g/mol. The number of allylic oxidation sites excluding steroid dienone is 4. The van der Waals surface area contributed by atoms with E-state index in [9.17, 15) is 29.4 Å². The highest BCUT2D eigenvalue weighted by atomic mass is 16.6. The van der Waals surface area contributed by atoms with Crippen LogP contribution in [0.15, 0.2) is 48.3 Å². The number of rotatable bonds is 10. The number of aromatic hydroxyl groups is 1. The Morgan fingerprint density at radius 2 is 1.74 bits per heavy atom. The van der Waals surface area contributed by atoms with Gasteiger partial charge in [-0.05, 0) is 75.5 Å². The van der Waals surface area contributed by atoms with Crippen molar-refractivity contribution in [3.05, 3.63) is 53.8 Å². The van der Waals surface area contributed by atoms with E-state index in [1.807, 2.05) is 0 Å². The van der Waals surface area contributed by atoms with Crippen LogP contribution in [-0.4, -0.2) is 71.4 Å². The van der Waals surface area contributed by atoms with Gasteiger partial charge in [-0.25, -0.2) is 4.79 Å². The van der Waals surface area contributed by atoms with E-state index in [0.29, 0.717) is 24.2 Å². The van der Waals surface area contributed by atoms with Crippen LogP contribution in [0, 0.1) is 5.92 Å². The van der Waals surface area contributed by atoms with Crippen LogP contribution in [0.25, 0.3) is 6.08 Å². The highest BCUT2D eigenvalue weighted by Crippen LogP contribution is 2.27. The van der Waals surface area contributed by atoms with Crippen molar-refractivity contribution in [3.63, 3.8) is 0 Å².